The topological polar surface area (TPSA) is 71.3 Å². The summed E-state index contributed by atoms with van der Waals surface area (Å²) in [5, 5.41) is 8.93. The van der Waals surface area contributed by atoms with Crippen LogP contribution < -0.4 is 0 Å². The summed E-state index contributed by atoms with van der Waals surface area (Å²) in [6.07, 6.45) is 2.57. The van der Waals surface area contributed by atoms with Crippen LogP contribution >= 0.6 is 0 Å². The van der Waals surface area contributed by atoms with Crippen molar-refractivity contribution in [1.82, 2.24) is 24.6 Å². The fourth-order valence-corrected chi connectivity index (χ4v) is 4.48. The quantitative estimate of drug-likeness (QED) is 0.799. The number of amides is 2. The number of carbonyl (C=O) groups excluding carboxylic acids is 2. The minimum atomic E-state index is -0.143. The average molecular weight is 396 g/mol. The van der Waals surface area contributed by atoms with Crippen LogP contribution in [0.4, 0.5) is 0 Å². The number of nitrogens with zero attached hydrogens (tertiary/aromatic N) is 5. The molecule has 7 nitrogen and oxygen atoms in total. The van der Waals surface area contributed by atoms with Gasteiger partial charge >= 0.3 is 0 Å². The molecule has 1 saturated heterocycles. The van der Waals surface area contributed by atoms with Gasteiger partial charge in [0.05, 0.1) is 5.92 Å². The van der Waals surface area contributed by atoms with Crippen LogP contribution in [-0.4, -0.2) is 62.6 Å². The van der Waals surface area contributed by atoms with Gasteiger partial charge in [0.15, 0.2) is 0 Å². The fourth-order valence-electron chi connectivity index (χ4n) is 4.48. The smallest absolute Gasteiger partial charge is 0.229 e. The van der Waals surface area contributed by atoms with Gasteiger partial charge in [-0.25, -0.2) is 0 Å². The molecule has 0 bridgehead atoms. The number of rotatable bonds is 3. The summed E-state index contributed by atoms with van der Waals surface area (Å²) in [6.45, 7) is 7.26. The number of hydrogen-bond acceptors (Lipinski definition) is 4. The van der Waals surface area contributed by atoms with E-state index in [0.717, 1.165) is 56.1 Å². The minimum absolute atomic E-state index is 0.143. The van der Waals surface area contributed by atoms with Crippen LogP contribution in [0.1, 0.15) is 55.7 Å². The van der Waals surface area contributed by atoms with Gasteiger partial charge in [-0.2, -0.15) is 0 Å². The molecule has 1 aromatic heterocycles. The van der Waals surface area contributed by atoms with Crippen molar-refractivity contribution in [2.24, 2.45) is 0 Å². The van der Waals surface area contributed by atoms with Crippen LogP contribution in [0, 0.1) is 0 Å². The number of piperidine rings is 1. The molecular formula is C22H29N5O2. The normalized spacial score (nSPS) is 18.8. The molecule has 7 heteroatoms. The van der Waals surface area contributed by atoms with Gasteiger partial charge in [-0.05, 0) is 25.3 Å². The first-order chi connectivity index (χ1) is 14.0. The molecule has 154 valence electrons. The third-order valence-electron chi connectivity index (χ3n) is 6.34. The molecule has 2 aliphatic heterocycles. The van der Waals surface area contributed by atoms with Crippen molar-refractivity contribution < 1.29 is 9.59 Å². The lowest BCUT2D eigenvalue weighted by atomic mass is 9.96. The number of likely N-dealkylation sites (tertiary alicyclic amines) is 1. The zero-order chi connectivity index (χ0) is 20.4. The van der Waals surface area contributed by atoms with Gasteiger partial charge in [0.1, 0.15) is 11.6 Å². The second-order valence-corrected chi connectivity index (χ2v) is 8.11. The van der Waals surface area contributed by atoms with E-state index in [1.54, 1.807) is 6.92 Å². The molecule has 0 radical (unpaired) electrons. The lowest BCUT2D eigenvalue weighted by Gasteiger charge is -2.31. The Bertz CT molecular complexity index is 871. The van der Waals surface area contributed by atoms with Gasteiger partial charge in [-0.15, -0.1) is 10.2 Å². The third kappa shape index (κ3) is 4.04. The predicted molar refractivity (Wildman–Crippen MR) is 109 cm³/mol. The first-order valence-electron chi connectivity index (χ1n) is 10.6. The highest BCUT2D eigenvalue weighted by Crippen LogP contribution is 2.28. The Labute approximate surface area is 171 Å². The first-order valence-corrected chi connectivity index (χ1v) is 10.6. The van der Waals surface area contributed by atoms with Crippen molar-refractivity contribution in [1.29, 1.82) is 0 Å². The Morgan fingerprint density at radius 3 is 2.38 bits per heavy atom. The summed E-state index contributed by atoms with van der Waals surface area (Å²) in [5.41, 5.74) is 1.05. The number of benzene rings is 1. The zero-order valence-corrected chi connectivity index (χ0v) is 17.3. The van der Waals surface area contributed by atoms with E-state index in [-0.39, 0.29) is 17.7 Å². The predicted octanol–water partition coefficient (Wildman–Crippen LogP) is 2.19. The second-order valence-electron chi connectivity index (χ2n) is 8.11. The van der Waals surface area contributed by atoms with Gasteiger partial charge in [-0.1, -0.05) is 30.3 Å². The lowest BCUT2D eigenvalue weighted by Crippen LogP contribution is -2.37. The largest absolute Gasteiger partial charge is 0.343 e. The van der Waals surface area contributed by atoms with Crippen molar-refractivity contribution in [3.05, 3.63) is 47.5 Å². The Hall–Kier alpha value is -2.70. The van der Waals surface area contributed by atoms with Gasteiger partial charge in [0, 0.05) is 52.0 Å². The highest BCUT2D eigenvalue weighted by Gasteiger charge is 2.30. The summed E-state index contributed by atoms with van der Waals surface area (Å²) in [6, 6.07) is 9.96. The number of aromatic nitrogens is 3. The Balaban J connectivity index is 1.43. The molecule has 3 heterocycles. The van der Waals surface area contributed by atoms with Gasteiger partial charge in [0.2, 0.25) is 11.8 Å². The molecule has 2 amide bonds. The van der Waals surface area contributed by atoms with Crippen molar-refractivity contribution in [2.45, 2.75) is 51.5 Å². The molecular weight excluding hydrogens is 366 g/mol. The molecule has 0 N–H and O–H groups in total. The van der Waals surface area contributed by atoms with Gasteiger partial charge < -0.3 is 14.4 Å². The number of fused-ring (bicyclic) bond motifs is 1. The third-order valence-corrected chi connectivity index (χ3v) is 6.34. The molecule has 1 unspecified atom stereocenters. The maximum Gasteiger partial charge on any atom is 0.229 e. The average Bonchev–Trinajstić information content (AvgIpc) is 3.04. The molecule has 0 aliphatic carbocycles. The first kappa shape index (κ1) is 19.6. The molecule has 2 aromatic rings. The Morgan fingerprint density at radius 2 is 1.69 bits per heavy atom. The molecule has 2 aliphatic rings. The summed E-state index contributed by atoms with van der Waals surface area (Å²) in [4.78, 5) is 28.5. The second kappa shape index (κ2) is 8.35. The van der Waals surface area contributed by atoms with E-state index in [1.807, 2.05) is 47.1 Å². The zero-order valence-electron chi connectivity index (χ0n) is 17.3. The molecule has 0 saturated carbocycles. The highest BCUT2D eigenvalue weighted by molar-refractivity contribution is 5.83. The maximum absolute atomic E-state index is 13.1. The minimum Gasteiger partial charge on any atom is -0.343 e. The SMILES string of the molecule is CC(=O)N1CCC(c2nnc3n2CCN(C(=O)C(C)c2ccccc2)CC3)CC1. The Kier molecular flexibility index (Phi) is 5.65. The summed E-state index contributed by atoms with van der Waals surface area (Å²) < 4.78 is 2.22. The standard InChI is InChI=1S/C22H29N5O2/c1-16(18-6-4-3-5-7-18)22(29)26-13-10-20-23-24-21(27(20)15-14-26)19-8-11-25(12-9-19)17(2)28/h3-7,16,19H,8-15H2,1-2H3. The van der Waals surface area contributed by atoms with Gasteiger partial charge in [-0.3, -0.25) is 9.59 Å². The van der Waals surface area contributed by atoms with Crippen LogP contribution in [0.25, 0.3) is 0 Å². The summed E-state index contributed by atoms with van der Waals surface area (Å²) in [5.74, 6) is 2.49. The van der Waals surface area contributed by atoms with Crippen molar-refractivity contribution in [3.63, 3.8) is 0 Å². The highest BCUT2D eigenvalue weighted by atomic mass is 16.2. The van der Waals surface area contributed by atoms with E-state index >= 15 is 0 Å². The molecule has 4 rings (SSSR count). The maximum atomic E-state index is 13.1. The van der Waals surface area contributed by atoms with Crippen LogP contribution in [0.2, 0.25) is 0 Å². The van der Waals surface area contributed by atoms with Crippen LogP contribution in [0.5, 0.6) is 0 Å². The monoisotopic (exact) mass is 395 g/mol. The van der Waals surface area contributed by atoms with E-state index < -0.39 is 0 Å². The molecule has 29 heavy (non-hydrogen) atoms. The number of hydrogen-bond donors (Lipinski definition) is 0. The molecule has 1 fully saturated rings. The van der Waals surface area contributed by atoms with Gasteiger partial charge in [0.25, 0.3) is 0 Å². The molecule has 0 spiro atoms. The molecule has 1 atom stereocenters. The van der Waals surface area contributed by atoms with Crippen molar-refractivity contribution in [3.8, 4) is 0 Å². The lowest BCUT2D eigenvalue weighted by molar-refractivity contribution is -0.132. The van der Waals surface area contributed by atoms with Crippen LogP contribution in [0.15, 0.2) is 30.3 Å². The summed E-state index contributed by atoms with van der Waals surface area (Å²) >= 11 is 0. The summed E-state index contributed by atoms with van der Waals surface area (Å²) in [7, 11) is 0. The van der Waals surface area contributed by atoms with Crippen LogP contribution in [-0.2, 0) is 22.6 Å². The van der Waals surface area contributed by atoms with Crippen molar-refractivity contribution in [2.75, 3.05) is 26.2 Å². The van der Waals surface area contributed by atoms with Crippen molar-refractivity contribution >= 4 is 11.8 Å². The van der Waals surface area contributed by atoms with E-state index in [0.29, 0.717) is 19.0 Å². The van der Waals surface area contributed by atoms with E-state index in [9.17, 15) is 9.59 Å². The number of carbonyl (C=O) groups is 2. The van der Waals surface area contributed by atoms with E-state index in [2.05, 4.69) is 14.8 Å². The van der Waals surface area contributed by atoms with Crippen LogP contribution in [0.3, 0.4) is 0 Å². The van der Waals surface area contributed by atoms with E-state index in [1.165, 1.54) is 0 Å². The Morgan fingerprint density at radius 1 is 0.966 bits per heavy atom. The molecule has 1 aromatic carbocycles. The van der Waals surface area contributed by atoms with E-state index in [4.69, 9.17) is 0 Å². The fraction of sp³-hybridized carbons (Fsp3) is 0.545.